The van der Waals surface area contributed by atoms with E-state index in [4.69, 9.17) is 0 Å². The second-order valence-corrected chi connectivity index (χ2v) is 7.17. The predicted octanol–water partition coefficient (Wildman–Crippen LogP) is 3.50. The Bertz CT molecular complexity index is 597. The monoisotopic (exact) mass is 290 g/mol. The van der Waals surface area contributed by atoms with E-state index in [9.17, 15) is 5.11 Å². The van der Waals surface area contributed by atoms with E-state index in [-0.39, 0.29) is 18.1 Å². The Hall–Kier alpha value is -0.970. The summed E-state index contributed by atoms with van der Waals surface area (Å²) in [5, 5.41) is 15.4. The molecule has 3 unspecified atom stereocenters. The molecule has 2 aromatic rings. The summed E-state index contributed by atoms with van der Waals surface area (Å²) in [5.41, 5.74) is 2.33. The van der Waals surface area contributed by atoms with Crippen LogP contribution in [0.1, 0.15) is 44.7 Å². The highest BCUT2D eigenvalue weighted by Gasteiger charge is 2.38. The Balaban J connectivity index is 1.76. The molecule has 2 heterocycles. The zero-order valence-corrected chi connectivity index (χ0v) is 12.9. The van der Waals surface area contributed by atoms with Gasteiger partial charge in [-0.25, -0.2) is 0 Å². The second-order valence-electron chi connectivity index (χ2n) is 6.22. The van der Waals surface area contributed by atoms with Crippen molar-refractivity contribution in [2.45, 2.75) is 45.2 Å². The summed E-state index contributed by atoms with van der Waals surface area (Å²) >= 11 is 1.74. The van der Waals surface area contributed by atoms with Crippen LogP contribution in [0.3, 0.4) is 0 Å². The van der Waals surface area contributed by atoms with Gasteiger partial charge in [-0.3, -0.25) is 4.98 Å². The van der Waals surface area contributed by atoms with Gasteiger partial charge < -0.3 is 10.4 Å². The van der Waals surface area contributed by atoms with Crippen molar-refractivity contribution in [1.29, 1.82) is 0 Å². The van der Waals surface area contributed by atoms with E-state index in [0.717, 1.165) is 18.4 Å². The fourth-order valence-electron chi connectivity index (χ4n) is 3.20. The van der Waals surface area contributed by atoms with Crippen molar-refractivity contribution in [2.24, 2.45) is 5.41 Å². The minimum atomic E-state index is 0.0225. The Morgan fingerprint density at radius 1 is 1.60 bits per heavy atom. The first-order valence-corrected chi connectivity index (χ1v) is 8.20. The van der Waals surface area contributed by atoms with Crippen molar-refractivity contribution in [2.75, 3.05) is 6.61 Å². The molecule has 0 spiro atoms. The molecule has 0 bridgehead atoms. The first-order valence-electron chi connectivity index (χ1n) is 7.32. The van der Waals surface area contributed by atoms with Crippen LogP contribution in [0, 0.1) is 5.41 Å². The third kappa shape index (κ3) is 2.48. The highest BCUT2D eigenvalue weighted by atomic mass is 32.1. The van der Waals surface area contributed by atoms with E-state index < -0.39 is 0 Å². The fourth-order valence-corrected chi connectivity index (χ4v) is 3.99. The van der Waals surface area contributed by atoms with Gasteiger partial charge in [0.25, 0.3) is 0 Å². The van der Waals surface area contributed by atoms with E-state index in [1.807, 2.05) is 6.20 Å². The molecular formula is C16H22N2OS. The topological polar surface area (TPSA) is 45.1 Å². The maximum absolute atomic E-state index is 9.64. The lowest BCUT2D eigenvalue weighted by molar-refractivity contribution is 0.114. The average Bonchev–Trinajstić information content (AvgIpc) is 3.05. The van der Waals surface area contributed by atoms with Gasteiger partial charge >= 0.3 is 0 Å². The number of hydrogen-bond donors (Lipinski definition) is 2. The van der Waals surface area contributed by atoms with Gasteiger partial charge in [0.2, 0.25) is 0 Å². The number of thiophene rings is 1. The SMILES string of the molecule is CC(NC1CCCC1(C)CO)c1cnc2ccsc2c1. The third-order valence-corrected chi connectivity index (χ3v) is 5.57. The molecule has 2 N–H and O–H groups in total. The molecule has 2 aromatic heterocycles. The molecule has 3 nitrogen and oxygen atoms in total. The molecule has 4 heteroatoms. The van der Waals surface area contributed by atoms with Crippen molar-refractivity contribution in [3.63, 3.8) is 0 Å². The zero-order chi connectivity index (χ0) is 14.2. The summed E-state index contributed by atoms with van der Waals surface area (Å²) in [6, 6.07) is 4.95. The zero-order valence-electron chi connectivity index (χ0n) is 12.1. The van der Waals surface area contributed by atoms with Crippen LogP contribution in [0.25, 0.3) is 10.2 Å². The second kappa shape index (κ2) is 5.43. The first-order chi connectivity index (χ1) is 9.62. The van der Waals surface area contributed by atoms with Crippen molar-refractivity contribution in [1.82, 2.24) is 10.3 Å². The minimum absolute atomic E-state index is 0.0225. The molecule has 1 aliphatic rings. The summed E-state index contributed by atoms with van der Waals surface area (Å²) in [5.74, 6) is 0. The number of nitrogens with one attached hydrogen (secondary N) is 1. The summed E-state index contributed by atoms with van der Waals surface area (Å²) in [7, 11) is 0. The molecule has 1 fully saturated rings. The van der Waals surface area contributed by atoms with Crippen molar-refractivity contribution in [3.8, 4) is 0 Å². The Labute approximate surface area is 124 Å². The highest BCUT2D eigenvalue weighted by molar-refractivity contribution is 7.17. The Kier molecular flexibility index (Phi) is 3.80. The maximum Gasteiger partial charge on any atom is 0.0809 e. The Morgan fingerprint density at radius 3 is 3.25 bits per heavy atom. The number of aliphatic hydroxyl groups is 1. The van der Waals surface area contributed by atoms with Crippen LogP contribution >= 0.6 is 11.3 Å². The van der Waals surface area contributed by atoms with Crippen molar-refractivity contribution in [3.05, 3.63) is 29.3 Å². The largest absolute Gasteiger partial charge is 0.396 e. The van der Waals surface area contributed by atoms with Gasteiger partial charge in [-0.15, -0.1) is 11.3 Å². The van der Waals surface area contributed by atoms with Crippen LogP contribution < -0.4 is 5.32 Å². The Morgan fingerprint density at radius 2 is 2.45 bits per heavy atom. The molecule has 1 saturated carbocycles. The van der Waals surface area contributed by atoms with Crippen LogP contribution in [0.2, 0.25) is 0 Å². The third-order valence-electron chi connectivity index (χ3n) is 4.72. The van der Waals surface area contributed by atoms with Crippen LogP contribution in [-0.2, 0) is 0 Å². The fraction of sp³-hybridized carbons (Fsp3) is 0.562. The lowest BCUT2D eigenvalue weighted by atomic mass is 9.85. The molecule has 0 amide bonds. The van der Waals surface area contributed by atoms with E-state index in [2.05, 4.69) is 41.7 Å². The molecule has 0 aromatic carbocycles. The number of rotatable bonds is 4. The number of nitrogens with zero attached hydrogens (tertiary/aromatic N) is 1. The summed E-state index contributed by atoms with van der Waals surface area (Å²) in [4.78, 5) is 4.51. The van der Waals surface area contributed by atoms with Crippen LogP contribution in [0.4, 0.5) is 0 Å². The smallest absolute Gasteiger partial charge is 0.0809 e. The number of aromatic nitrogens is 1. The van der Waals surface area contributed by atoms with Gasteiger partial charge in [-0.05, 0) is 42.8 Å². The standard InChI is InChI=1S/C16H22N2OS/c1-11(18-15-4-3-6-16(15,2)10-19)12-8-14-13(17-9-12)5-7-20-14/h5,7-9,11,15,18-19H,3-4,6,10H2,1-2H3. The summed E-state index contributed by atoms with van der Waals surface area (Å²) in [6.45, 7) is 4.64. The van der Waals surface area contributed by atoms with Gasteiger partial charge in [-0.2, -0.15) is 0 Å². The predicted molar refractivity (Wildman–Crippen MR) is 84.0 cm³/mol. The number of fused-ring (bicyclic) bond motifs is 1. The average molecular weight is 290 g/mol. The normalized spacial score (nSPS) is 28.1. The van der Waals surface area contributed by atoms with Gasteiger partial charge in [0.15, 0.2) is 0 Å². The van der Waals surface area contributed by atoms with Crippen LogP contribution in [-0.4, -0.2) is 22.7 Å². The molecule has 3 rings (SSSR count). The van der Waals surface area contributed by atoms with E-state index in [1.54, 1.807) is 11.3 Å². The molecule has 3 atom stereocenters. The van der Waals surface area contributed by atoms with Gasteiger partial charge in [0, 0.05) is 30.3 Å². The van der Waals surface area contributed by atoms with Crippen LogP contribution in [0.5, 0.6) is 0 Å². The van der Waals surface area contributed by atoms with E-state index in [1.165, 1.54) is 16.7 Å². The molecule has 108 valence electrons. The maximum atomic E-state index is 9.64. The lowest BCUT2D eigenvalue weighted by Gasteiger charge is -2.32. The molecule has 1 aliphatic carbocycles. The number of pyridine rings is 1. The van der Waals surface area contributed by atoms with E-state index >= 15 is 0 Å². The lowest BCUT2D eigenvalue weighted by Crippen LogP contribution is -2.42. The molecule has 0 saturated heterocycles. The quantitative estimate of drug-likeness (QED) is 0.906. The van der Waals surface area contributed by atoms with Gasteiger partial charge in [0.1, 0.15) is 0 Å². The summed E-state index contributed by atoms with van der Waals surface area (Å²) < 4.78 is 1.24. The molecular weight excluding hydrogens is 268 g/mol. The first kappa shape index (κ1) is 14.0. The van der Waals surface area contributed by atoms with Crippen LogP contribution in [0.15, 0.2) is 23.7 Å². The molecule has 20 heavy (non-hydrogen) atoms. The van der Waals surface area contributed by atoms with Crippen molar-refractivity contribution >= 4 is 21.6 Å². The highest BCUT2D eigenvalue weighted by Crippen LogP contribution is 2.38. The minimum Gasteiger partial charge on any atom is -0.396 e. The van der Waals surface area contributed by atoms with Gasteiger partial charge in [0.05, 0.1) is 10.2 Å². The van der Waals surface area contributed by atoms with E-state index in [0.29, 0.717) is 6.04 Å². The van der Waals surface area contributed by atoms with Crippen molar-refractivity contribution < 1.29 is 5.11 Å². The number of hydrogen-bond acceptors (Lipinski definition) is 4. The van der Waals surface area contributed by atoms with Gasteiger partial charge in [-0.1, -0.05) is 13.3 Å². The molecule has 0 radical (unpaired) electrons. The number of aliphatic hydroxyl groups excluding tert-OH is 1. The molecule has 0 aliphatic heterocycles. The summed E-state index contributed by atoms with van der Waals surface area (Å²) in [6.07, 6.45) is 5.42.